The normalized spacial score (nSPS) is 17.4. The zero-order valence-corrected chi connectivity index (χ0v) is 17.1. The van der Waals surface area contributed by atoms with Gasteiger partial charge in [-0.3, -0.25) is 9.59 Å². The van der Waals surface area contributed by atoms with Gasteiger partial charge in [0.25, 0.3) is 5.91 Å². The van der Waals surface area contributed by atoms with Gasteiger partial charge >= 0.3 is 11.9 Å². The van der Waals surface area contributed by atoms with E-state index in [9.17, 15) is 14.4 Å². The number of carbonyl (C=O) groups excluding carboxylic acids is 3. The average molecular weight is 382 g/mol. The molecule has 1 rings (SSSR count). The molecule has 0 aromatic heterocycles. The van der Waals surface area contributed by atoms with E-state index in [1.165, 1.54) is 19.3 Å². The van der Waals surface area contributed by atoms with Gasteiger partial charge < -0.3 is 14.4 Å². The smallest absolute Gasteiger partial charge is 0.334 e. The lowest BCUT2D eigenvalue weighted by atomic mass is 10.1. The van der Waals surface area contributed by atoms with Gasteiger partial charge in [-0.25, -0.2) is 4.79 Å². The highest BCUT2D eigenvalue weighted by Crippen LogP contribution is 2.18. The Morgan fingerprint density at radius 3 is 2.44 bits per heavy atom. The Morgan fingerprint density at radius 2 is 1.81 bits per heavy atom. The zero-order chi connectivity index (χ0) is 20.2. The maximum atomic E-state index is 12.3. The molecule has 6 nitrogen and oxygen atoms in total. The van der Waals surface area contributed by atoms with Crippen molar-refractivity contribution in [1.82, 2.24) is 4.90 Å². The molecule has 1 aliphatic rings. The van der Waals surface area contributed by atoms with E-state index in [-0.39, 0.29) is 23.9 Å². The SMILES string of the molecule is C=C(CC(=O)OCCCCCCCC)C(=O)OC(C)C(=O)N1CCCC1C. The van der Waals surface area contributed by atoms with Gasteiger partial charge in [0.2, 0.25) is 0 Å². The topological polar surface area (TPSA) is 72.9 Å². The van der Waals surface area contributed by atoms with Crippen molar-refractivity contribution in [2.24, 2.45) is 0 Å². The number of ether oxygens (including phenoxy) is 2. The van der Waals surface area contributed by atoms with Crippen molar-refractivity contribution >= 4 is 17.8 Å². The van der Waals surface area contributed by atoms with Crippen molar-refractivity contribution in [3.63, 3.8) is 0 Å². The van der Waals surface area contributed by atoms with Crippen LogP contribution in [0.1, 0.15) is 78.6 Å². The van der Waals surface area contributed by atoms with Crippen molar-refractivity contribution in [3.8, 4) is 0 Å². The van der Waals surface area contributed by atoms with Gasteiger partial charge in [-0.1, -0.05) is 45.6 Å². The number of rotatable bonds is 12. The van der Waals surface area contributed by atoms with Gasteiger partial charge in [0, 0.05) is 18.2 Å². The largest absolute Gasteiger partial charge is 0.465 e. The van der Waals surface area contributed by atoms with Gasteiger partial charge in [-0.2, -0.15) is 0 Å². The van der Waals surface area contributed by atoms with Crippen molar-refractivity contribution in [2.45, 2.75) is 90.7 Å². The molecule has 1 fully saturated rings. The highest BCUT2D eigenvalue weighted by atomic mass is 16.6. The molecule has 0 aliphatic carbocycles. The summed E-state index contributed by atoms with van der Waals surface area (Å²) in [4.78, 5) is 37.9. The van der Waals surface area contributed by atoms with Crippen LogP contribution in [-0.2, 0) is 23.9 Å². The summed E-state index contributed by atoms with van der Waals surface area (Å²) in [6, 6.07) is 0.166. The maximum Gasteiger partial charge on any atom is 0.334 e. The molecule has 0 N–H and O–H groups in total. The van der Waals surface area contributed by atoms with Crippen molar-refractivity contribution in [1.29, 1.82) is 0 Å². The second-order valence-corrected chi connectivity index (χ2v) is 7.34. The summed E-state index contributed by atoms with van der Waals surface area (Å²) in [5.74, 6) is -1.41. The molecule has 0 saturated carbocycles. The number of hydrogen-bond acceptors (Lipinski definition) is 5. The summed E-state index contributed by atoms with van der Waals surface area (Å²) in [5, 5.41) is 0. The fourth-order valence-electron chi connectivity index (χ4n) is 3.15. The lowest BCUT2D eigenvalue weighted by Crippen LogP contribution is -2.41. The van der Waals surface area contributed by atoms with Crippen molar-refractivity contribution in [2.75, 3.05) is 13.2 Å². The predicted molar refractivity (Wildman–Crippen MR) is 104 cm³/mol. The number of esters is 2. The Labute approximate surface area is 163 Å². The Morgan fingerprint density at radius 1 is 1.15 bits per heavy atom. The third kappa shape index (κ3) is 8.59. The Hall–Kier alpha value is -1.85. The summed E-state index contributed by atoms with van der Waals surface area (Å²) in [6.45, 7) is 10.3. The summed E-state index contributed by atoms with van der Waals surface area (Å²) in [5.41, 5.74) is 0.0112. The molecule has 6 heteroatoms. The maximum absolute atomic E-state index is 12.3. The van der Waals surface area contributed by atoms with E-state index >= 15 is 0 Å². The Balaban J connectivity index is 2.23. The molecule has 1 heterocycles. The van der Waals surface area contributed by atoms with Crippen LogP contribution in [0.25, 0.3) is 0 Å². The van der Waals surface area contributed by atoms with E-state index < -0.39 is 18.0 Å². The van der Waals surface area contributed by atoms with Crippen molar-refractivity contribution < 1.29 is 23.9 Å². The molecule has 2 unspecified atom stereocenters. The molecule has 0 aromatic rings. The number of likely N-dealkylation sites (tertiary alicyclic amines) is 1. The van der Waals surface area contributed by atoms with E-state index in [1.807, 2.05) is 6.92 Å². The first kappa shape index (κ1) is 23.2. The van der Waals surface area contributed by atoms with Crippen LogP contribution >= 0.6 is 0 Å². The van der Waals surface area contributed by atoms with E-state index in [4.69, 9.17) is 9.47 Å². The molecule has 154 valence electrons. The van der Waals surface area contributed by atoms with Gasteiger partial charge in [-0.15, -0.1) is 0 Å². The number of hydrogen-bond donors (Lipinski definition) is 0. The molecule has 1 aliphatic heterocycles. The van der Waals surface area contributed by atoms with Crippen LogP contribution in [0.5, 0.6) is 0 Å². The number of amides is 1. The minimum Gasteiger partial charge on any atom is -0.465 e. The standard InChI is InChI=1S/C21H35NO5/c1-5-6-7-8-9-10-14-26-19(23)15-16(2)21(25)27-18(4)20(24)22-13-11-12-17(22)3/h17-18H,2,5-15H2,1,3-4H3. The first-order valence-electron chi connectivity index (χ1n) is 10.2. The van der Waals surface area contributed by atoms with Gasteiger partial charge in [-0.05, 0) is 33.1 Å². The van der Waals surface area contributed by atoms with Crippen LogP contribution in [-0.4, -0.2) is 48.0 Å². The number of carbonyl (C=O) groups is 3. The summed E-state index contributed by atoms with van der Waals surface area (Å²) >= 11 is 0. The van der Waals surface area contributed by atoms with Crippen LogP contribution in [0.3, 0.4) is 0 Å². The first-order chi connectivity index (χ1) is 12.9. The quantitative estimate of drug-likeness (QED) is 0.292. The third-order valence-electron chi connectivity index (χ3n) is 4.87. The monoisotopic (exact) mass is 381 g/mol. The van der Waals surface area contributed by atoms with Crippen molar-refractivity contribution in [3.05, 3.63) is 12.2 Å². The van der Waals surface area contributed by atoms with Crippen LogP contribution in [0.2, 0.25) is 0 Å². The molecule has 0 spiro atoms. The van der Waals surface area contributed by atoms with Crippen LogP contribution in [0, 0.1) is 0 Å². The first-order valence-corrected chi connectivity index (χ1v) is 10.2. The van der Waals surface area contributed by atoms with Gasteiger partial charge in [0.05, 0.1) is 13.0 Å². The highest BCUT2D eigenvalue weighted by molar-refractivity contribution is 5.95. The summed E-state index contributed by atoms with van der Waals surface area (Å²) in [6.07, 6.45) is 7.48. The molecule has 0 aromatic carbocycles. The minimum absolute atomic E-state index is 0.0112. The fraction of sp³-hybridized carbons (Fsp3) is 0.762. The second-order valence-electron chi connectivity index (χ2n) is 7.34. The van der Waals surface area contributed by atoms with E-state index in [2.05, 4.69) is 13.5 Å². The molecular weight excluding hydrogens is 346 g/mol. The molecule has 2 atom stereocenters. The second kappa shape index (κ2) is 12.5. The zero-order valence-electron chi connectivity index (χ0n) is 17.1. The highest BCUT2D eigenvalue weighted by Gasteiger charge is 2.31. The van der Waals surface area contributed by atoms with E-state index in [1.54, 1.807) is 11.8 Å². The molecule has 1 amide bonds. The fourth-order valence-corrected chi connectivity index (χ4v) is 3.15. The van der Waals surface area contributed by atoms with Crippen LogP contribution in [0.4, 0.5) is 0 Å². The predicted octanol–water partition coefficient (Wildman–Crippen LogP) is 3.78. The molecule has 1 saturated heterocycles. The molecule has 27 heavy (non-hydrogen) atoms. The van der Waals surface area contributed by atoms with E-state index in [0.717, 1.165) is 32.1 Å². The van der Waals surface area contributed by atoms with Crippen LogP contribution in [0.15, 0.2) is 12.2 Å². The Bertz CT molecular complexity index is 517. The minimum atomic E-state index is -0.881. The molecular formula is C21H35NO5. The third-order valence-corrected chi connectivity index (χ3v) is 4.87. The van der Waals surface area contributed by atoms with Gasteiger partial charge in [0.15, 0.2) is 6.10 Å². The lowest BCUT2D eigenvalue weighted by Gasteiger charge is -2.25. The summed E-state index contributed by atoms with van der Waals surface area (Å²) < 4.78 is 10.3. The van der Waals surface area contributed by atoms with Crippen LogP contribution < -0.4 is 0 Å². The Kier molecular flexibility index (Phi) is 10.8. The number of nitrogens with zero attached hydrogens (tertiary/aromatic N) is 1. The number of unbranched alkanes of at least 4 members (excludes halogenated alkanes) is 5. The molecule has 0 radical (unpaired) electrons. The van der Waals surface area contributed by atoms with Gasteiger partial charge in [0.1, 0.15) is 0 Å². The molecule has 0 bridgehead atoms. The summed E-state index contributed by atoms with van der Waals surface area (Å²) in [7, 11) is 0. The van der Waals surface area contributed by atoms with E-state index in [0.29, 0.717) is 13.2 Å². The average Bonchev–Trinajstić information content (AvgIpc) is 3.05. The lowest BCUT2D eigenvalue weighted by molar-refractivity contribution is -0.157.